The monoisotopic (exact) mass is 368 g/mol. The number of morpholine rings is 2. The molecular weight excluding hydrogens is 344 g/mol. The molecule has 0 N–H and O–H groups in total. The fourth-order valence-electron chi connectivity index (χ4n) is 3.26. The summed E-state index contributed by atoms with van der Waals surface area (Å²) in [7, 11) is -3.54. The van der Waals surface area contributed by atoms with E-state index in [1.807, 2.05) is 13.8 Å². The summed E-state index contributed by atoms with van der Waals surface area (Å²) in [5, 5.41) is 0. The largest absolute Gasteiger partial charge is 0.379 e. The molecule has 8 heteroatoms. The highest BCUT2D eigenvalue weighted by molar-refractivity contribution is 7.89. The summed E-state index contributed by atoms with van der Waals surface area (Å²) in [6.45, 7) is 6.44. The van der Waals surface area contributed by atoms with E-state index in [0.717, 1.165) is 0 Å². The summed E-state index contributed by atoms with van der Waals surface area (Å²) < 4.78 is 37.3. The van der Waals surface area contributed by atoms with Gasteiger partial charge in [0.05, 0.1) is 43.4 Å². The van der Waals surface area contributed by atoms with Crippen LogP contribution in [0.15, 0.2) is 29.2 Å². The summed E-state index contributed by atoms with van der Waals surface area (Å²) in [6.07, 6.45) is 0. The first-order chi connectivity index (χ1) is 11.9. The smallest absolute Gasteiger partial charge is 0.254 e. The Balaban J connectivity index is 1.78. The molecule has 25 heavy (non-hydrogen) atoms. The van der Waals surface area contributed by atoms with Crippen molar-refractivity contribution in [2.24, 2.45) is 0 Å². The molecule has 0 spiro atoms. The van der Waals surface area contributed by atoms with E-state index in [4.69, 9.17) is 9.47 Å². The van der Waals surface area contributed by atoms with Crippen LogP contribution in [0.1, 0.15) is 24.2 Å². The molecule has 138 valence electrons. The van der Waals surface area contributed by atoms with Gasteiger partial charge in [0.15, 0.2) is 0 Å². The number of nitrogens with zero attached hydrogens (tertiary/aromatic N) is 2. The molecule has 2 aliphatic rings. The summed E-state index contributed by atoms with van der Waals surface area (Å²) >= 11 is 0. The Morgan fingerprint density at radius 2 is 1.56 bits per heavy atom. The minimum absolute atomic E-state index is 0.00647. The van der Waals surface area contributed by atoms with Crippen molar-refractivity contribution in [3.63, 3.8) is 0 Å². The van der Waals surface area contributed by atoms with E-state index >= 15 is 0 Å². The number of hydrogen-bond acceptors (Lipinski definition) is 5. The first kappa shape index (κ1) is 18.3. The molecule has 1 aromatic carbocycles. The second-order valence-corrected chi connectivity index (χ2v) is 8.43. The molecule has 2 aliphatic heterocycles. The standard InChI is InChI=1S/C17H24N2O5S/c1-13-11-24-12-14(2)19(13)17(20)15-3-5-16(6-4-15)25(21,22)18-7-9-23-10-8-18/h3-6,13-14H,7-12H2,1-2H3. The Kier molecular flexibility index (Phi) is 5.43. The number of rotatable bonds is 3. The molecule has 0 saturated carbocycles. The molecule has 3 rings (SSSR count). The average molecular weight is 368 g/mol. The second-order valence-electron chi connectivity index (χ2n) is 6.49. The third-order valence-corrected chi connectivity index (χ3v) is 6.52. The van der Waals surface area contributed by atoms with E-state index in [1.165, 1.54) is 16.4 Å². The molecule has 2 heterocycles. The lowest BCUT2D eigenvalue weighted by atomic mass is 10.1. The first-order valence-corrected chi connectivity index (χ1v) is 9.93. The minimum Gasteiger partial charge on any atom is -0.379 e. The maximum absolute atomic E-state index is 12.8. The molecule has 7 nitrogen and oxygen atoms in total. The van der Waals surface area contributed by atoms with Gasteiger partial charge in [-0.15, -0.1) is 0 Å². The van der Waals surface area contributed by atoms with E-state index in [1.54, 1.807) is 17.0 Å². The van der Waals surface area contributed by atoms with Crippen LogP contribution in [-0.4, -0.2) is 75.1 Å². The third-order valence-electron chi connectivity index (χ3n) is 4.61. The zero-order valence-corrected chi connectivity index (χ0v) is 15.4. The maximum Gasteiger partial charge on any atom is 0.254 e. The Hall–Kier alpha value is -1.48. The van der Waals surface area contributed by atoms with Crippen LogP contribution >= 0.6 is 0 Å². The van der Waals surface area contributed by atoms with Gasteiger partial charge in [-0.05, 0) is 38.1 Å². The number of sulfonamides is 1. The number of ether oxygens (including phenoxy) is 2. The summed E-state index contributed by atoms with van der Waals surface area (Å²) in [5.74, 6) is -0.0985. The predicted molar refractivity (Wildman–Crippen MR) is 91.9 cm³/mol. The number of carbonyl (C=O) groups is 1. The molecule has 0 aliphatic carbocycles. The number of hydrogen-bond donors (Lipinski definition) is 0. The highest BCUT2D eigenvalue weighted by Gasteiger charge is 2.31. The lowest BCUT2D eigenvalue weighted by Crippen LogP contribution is -2.52. The van der Waals surface area contributed by atoms with Crippen LogP contribution in [0, 0.1) is 0 Å². The zero-order valence-electron chi connectivity index (χ0n) is 14.6. The summed E-state index contributed by atoms with van der Waals surface area (Å²) in [6, 6.07) is 6.18. The summed E-state index contributed by atoms with van der Waals surface area (Å²) in [4.78, 5) is 14.8. The molecule has 0 bridgehead atoms. The van der Waals surface area contributed by atoms with Gasteiger partial charge in [-0.2, -0.15) is 4.31 Å². The van der Waals surface area contributed by atoms with Crippen molar-refractivity contribution in [2.45, 2.75) is 30.8 Å². The molecular formula is C17H24N2O5S. The lowest BCUT2D eigenvalue weighted by Gasteiger charge is -2.38. The SMILES string of the molecule is CC1COCC(C)N1C(=O)c1ccc(S(=O)(=O)N2CCOCC2)cc1. The fourth-order valence-corrected chi connectivity index (χ4v) is 4.67. The first-order valence-electron chi connectivity index (χ1n) is 8.49. The molecule has 0 radical (unpaired) electrons. The zero-order chi connectivity index (χ0) is 18.0. The van der Waals surface area contributed by atoms with Crippen LogP contribution in [0.2, 0.25) is 0 Å². The van der Waals surface area contributed by atoms with E-state index in [-0.39, 0.29) is 22.9 Å². The molecule has 1 aromatic rings. The van der Waals surface area contributed by atoms with Gasteiger partial charge >= 0.3 is 0 Å². The normalized spacial score (nSPS) is 25.8. The van der Waals surface area contributed by atoms with Crippen molar-refractivity contribution >= 4 is 15.9 Å². The molecule has 2 atom stereocenters. The van der Waals surface area contributed by atoms with Crippen molar-refractivity contribution in [1.29, 1.82) is 0 Å². The van der Waals surface area contributed by atoms with Crippen LogP contribution in [0.3, 0.4) is 0 Å². The third kappa shape index (κ3) is 3.72. The molecule has 2 fully saturated rings. The van der Waals surface area contributed by atoms with Gasteiger partial charge in [-0.25, -0.2) is 8.42 Å². The van der Waals surface area contributed by atoms with E-state index in [9.17, 15) is 13.2 Å². The van der Waals surface area contributed by atoms with Crippen molar-refractivity contribution < 1.29 is 22.7 Å². The number of carbonyl (C=O) groups excluding carboxylic acids is 1. The molecule has 2 saturated heterocycles. The Morgan fingerprint density at radius 1 is 1.00 bits per heavy atom. The van der Waals surface area contributed by atoms with Crippen molar-refractivity contribution in [2.75, 3.05) is 39.5 Å². The highest BCUT2D eigenvalue weighted by atomic mass is 32.2. The van der Waals surface area contributed by atoms with Crippen LogP contribution in [-0.2, 0) is 19.5 Å². The van der Waals surface area contributed by atoms with Gasteiger partial charge in [0.2, 0.25) is 10.0 Å². The van der Waals surface area contributed by atoms with Crippen LogP contribution in [0.25, 0.3) is 0 Å². The maximum atomic E-state index is 12.8. The lowest BCUT2D eigenvalue weighted by molar-refractivity contribution is -0.0249. The molecule has 1 amide bonds. The Labute approximate surface area is 148 Å². The Bertz CT molecular complexity index is 703. The van der Waals surface area contributed by atoms with E-state index < -0.39 is 10.0 Å². The van der Waals surface area contributed by atoms with Crippen molar-refractivity contribution in [3.05, 3.63) is 29.8 Å². The minimum atomic E-state index is -3.54. The number of amides is 1. The van der Waals surface area contributed by atoms with Crippen molar-refractivity contribution in [1.82, 2.24) is 9.21 Å². The predicted octanol–water partition coefficient (Wildman–Crippen LogP) is 0.957. The summed E-state index contributed by atoms with van der Waals surface area (Å²) in [5.41, 5.74) is 0.488. The Morgan fingerprint density at radius 3 is 2.12 bits per heavy atom. The van der Waals surface area contributed by atoms with Gasteiger partial charge in [-0.1, -0.05) is 0 Å². The van der Waals surface area contributed by atoms with Gasteiger partial charge in [0.25, 0.3) is 5.91 Å². The van der Waals surface area contributed by atoms with Gasteiger partial charge in [0.1, 0.15) is 0 Å². The fraction of sp³-hybridized carbons (Fsp3) is 0.588. The van der Waals surface area contributed by atoms with E-state index in [2.05, 4.69) is 0 Å². The van der Waals surface area contributed by atoms with Crippen LogP contribution in [0.4, 0.5) is 0 Å². The van der Waals surface area contributed by atoms with Gasteiger partial charge < -0.3 is 14.4 Å². The average Bonchev–Trinajstić information content (AvgIpc) is 2.62. The quantitative estimate of drug-likeness (QED) is 0.794. The second kappa shape index (κ2) is 7.41. The highest BCUT2D eigenvalue weighted by Crippen LogP contribution is 2.21. The van der Waals surface area contributed by atoms with E-state index in [0.29, 0.717) is 45.1 Å². The van der Waals surface area contributed by atoms with Crippen molar-refractivity contribution in [3.8, 4) is 0 Å². The van der Waals surface area contributed by atoms with Gasteiger partial charge in [-0.3, -0.25) is 4.79 Å². The topological polar surface area (TPSA) is 76.2 Å². The van der Waals surface area contributed by atoms with Crippen LogP contribution < -0.4 is 0 Å². The molecule has 2 unspecified atom stereocenters. The molecule has 0 aromatic heterocycles. The number of benzene rings is 1. The van der Waals surface area contributed by atoms with Gasteiger partial charge in [0, 0.05) is 18.7 Å². The van der Waals surface area contributed by atoms with Crippen LogP contribution in [0.5, 0.6) is 0 Å².